The Morgan fingerprint density at radius 3 is 1.29 bits per heavy atom. The second-order valence-electron chi connectivity index (χ2n) is 6.75. The summed E-state index contributed by atoms with van der Waals surface area (Å²) in [7, 11) is 0. The van der Waals surface area contributed by atoms with Crippen molar-refractivity contribution in [2.45, 2.75) is 104 Å². The van der Waals surface area contributed by atoms with Crippen molar-refractivity contribution >= 4 is 0 Å². The first-order valence-corrected chi connectivity index (χ1v) is 10.1. The Balaban J connectivity index is 0. The molecule has 0 aliphatic carbocycles. The van der Waals surface area contributed by atoms with E-state index in [2.05, 4.69) is 32.9 Å². The number of benzene rings is 1. The molecular formula is C23H41Na. The quantitative estimate of drug-likeness (QED) is 0.260. The fourth-order valence-electron chi connectivity index (χ4n) is 2.73. The van der Waals surface area contributed by atoms with Crippen LogP contribution in [0.15, 0.2) is 30.3 Å². The molecule has 0 unspecified atom stereocenters. The molecule has 0 N–H and O–H groups in total. The summed E-state index contributed by atoms with van der Waals surface area (Å²) in [5.74, 6) is 0. The van der Waals surface area contributed by atoms with Crippen LogP contribution in [0.2, 0.25) is 0 Å². The predicted molar refractivity (Wildman–Crippen MR) is 107 cm³/mol. The summed E-state index contributed by atoms with van der Waals surface area (Å²) in [5.41, 5.74) is 1.32. The number of hydrogen-bond donors (Lipinski definition) is 0. The van der Waals surface area contributed by atoms with Gasteiger partial charge >= 0.3 is 29.6 Å². The predicted octanol–water partition coefficient (Wildman–Crippen LogP) is 5.30. The van der Waals surface area contributed by atoms with Gasteiger partial charge in [-0.1, -0.05) is 126 Å². The third-order valence-corrected chi connectivity index (χ3v) is 4.29. The summed E-state index contributed by atoms with van der Waals surface area (Å²) in [6, 6.07) is 10.3. The molecule has 1 heteroatoms. The Hall–Kier alpha value is 0.220. The molecule has 24 heavy (non-hydrogen) atoms. The van der Waals surface area contributed by atoms with Gasteiger partial charge < -0.3 is 6.92 Å². The van der Waals surface area contributed by atoms with Crippen LogP contribution in [-0.4, -0.2) is 0 Å². The molecular weight excluding hydrogens is 299 g/mol. The Labute approximate surface area is 175 Å². The zero-order chi connectivity index (χ0) is 17.0. The van der Waals surface area contributed by atoms with E-state index in [9.17, 15) is 0 Å². The minimum absolute atomic E-state index is 0. The van der Waals surface area contributed by atoms with E-state index in [0.29, 0.717) is 0 Å². The maximum Gasteiger partial charge on any atom is 1.00 e. The summed E-state index contributed by atoms with van der Waals surface area (Å²) >= 11 is 0. The molecule has 0 heterocycles. The standard InChI is InChI=1S/C16H33.C7H8.Na/c1-3-5-7-9-11-13-15-16-14-12-10-8-6-4-2;1-7-5-3-2-4-6-7;/h1,3-16H2,2H3;2-6H,1H3;/q-1;;+1. The zero-order valence-corrected chi connectivity index (χ0v) is 19.0. The number of unbranched alkanes of at least 4 members (excludes halogenated alkanes) is 13. The molecule has 0 fully saturated rings. The zero-order valence-electron chi connectivity index (χ0n) is 17.0. The van der Waals surface area contributed by atoms with Crippen LogP contribution in [-0.2, 0) is 0 Å². The third-order valence-electron chi connectivity index (χ3n) is 4.29. The summed E-state index contributed by atoms with van der Waals surface area (Å²) in [5, 5.41) is 0. The van der Waals surface area contributed by atoms with Crippen LogP contribution in [0.4, 0.5) is 0 Å². The molecule has 0 aliphatic rings. The van der Waals surface area contributed by atoms with Gasteiger partial charge in [0.25, 0.3) is 0 Å². The van der Waals surface area contributed by atoms with Crippen LogP contribution in [0.25, 0.3) is 0 Å². The van der Waals surface area contributed by atoms with Gasteiger partial charge in [0.1, 0.15) is 0 Å². The molecule has 1 aromatic rings. The van der Waals surface area contributed by atoms with E-state index < -0.39 is 0 Å². The normalized spacial score (nSPS) is 9.79. The second kappa shape index (κ2) is 23.2. The third kappa shape index (κ3) is 22.2. The fraction of sp³-hybridized carbons (Fsp3) is 0.696. The monoisotopic (exact) mass is 340 g/mol. The maximum atomic E-state index is 3.87. The molecule has 0 saturated heterocycles. The summed E-state index contributed by atoms with van der Waals surface area (Å²) < 4.78 is 0. The minimum atomic E-state index is 0. The SMILES string of the molecule is Cc1ccccc1.[CH2-]CCCCCCCCCCCCCCC.[Na+]. The van der Waals surface area contributed by atoms with E-state index in [1.807, 2.05) is 18.2 Å². The Bertz CT molecular complexity index is 293. The fourth-order valence-corrected chi connectivity index (χ4v) is 2.73. The van der Waals surface area contributed by atoms with Crippen molar-refractivity contribution in [2.75, 3.05) is 0 Å². The first-order chi connectivity index (χ1) is 11.3. The van der Waals surface area contributed by atoms with E-state index in [1.54, 1.807) is 0 Å². The summed E-state index contributed by atoms with van der Waals surface area (Å²) in [6.45, 7) is 8.24. The van der Waals surface area contributed by atoms with Crippen LogP contribution in [0, 0.1) is 13.8 Å². The van der Waals surface area contributed by atoms with Crippen molar-refractivity contribution in [3.05, 3.63) is 42.8 Å². The molecule has 0 nitrogen and oxygen atoms in total. The van der Waals surface area contributed by atoms with E-state index in [1.165, 1.54) is 89.0 Å². The number of rotatable bonds is 13. The van der Waals surface area contributed by atoms with Gasteiger partial charge in [0.2, 0.25) is 0 Å². The molecule has 0 atom stereocenters. The van der Waals surface area contributed by atoms with E-state index in [4.69, 9.17) is 0 Å². The topological polar surface area (TPSA) is 0 Å². The van der Waals surface area contributed by atoms with Crippen molar-refractivity contribution in [2.24, 2.45) is 0 Å². The van der Waals surface area contributed by atoms with Crippen molar-refractivity contribution in [3.8, 4) is 0 Å². The first-order valence-electron chi connectivity index (χ1n) is 10.1. The number of aryl methyl sites for hydroxylation is 1. The summed E-state index contributed by atoms with van der Waals surface area (Å²) in [6.07, 6.45) is 19.8. The van der Waals surface area contributed by atoms with Crippen LogP contribution < -0.4 is 29.6 Å². The molecule has 0 spiro atoms. The molecule has 1 rings (SSSR count). The average Bonchev–Trinajstić information content (AvgIpc) is 2.57. The average molecular weight is 341 g/mol. The van der Waals surface area contributed by atoms with Crippen molar-refractivity contribution in [1.29, 1.82) is 0 Å². The maximum absolute atomic E-state index is 3.87. The molecule has 0 amide bonds. The van der Waals surface area contributed by atoms with Gasteiger partial charge in [-0.25, -0.2) is 0 Å². The van der Waals surface area contributed by atoms with Gasteiger partial charge in [-0.3, -0.25) is 0 Å². The minimum Gasteiger partial charge on any atom is -0.343 e. The number of hydrogen-bond acceptors (Lipinski definition) is 0. The van der Waals surface area contributed by atoms with Gasteiger partial charge in [0, 0.05) is 0 Å². The second-order valence-corrected chi connectivity index (χ2v) is 6.75. The van der Waals surface area contributed by atoms with Crippen LogP contribution >= 0.6 is 0 Å². The molecule has 0 aromatic heterocycles. The largest absolute Gasteiger partial charge is 1.00 e. The first kappa shape index (κ1) is 26.4. The van der Waals surface area contributed by atoms with Crippen LogP contribution in [0.3, 0.4) is 0 Å². The Morgan fingerprint density at radius 2 is 1.00 bits per heavy atom. The van der Waals surface area contributed by atoms with Gasteiger partial charge in [-0.2, -0.15) is 6.42 Å². The van der Waals surface area contributed by atoms with Crippen molar-refractivity contribution in [1.82, 2.24) is 0 Å². The van der Waals surface area contributed by atoms with Gasteiger partial charge in [-0.15, -0.1) is 0 Å². The van der Waals surface area contributed by atoms with Gasteiger partial charge in [-0.05, 0) is 6.92 Å². The molecule has 134 valence electrons. The van der Waals surface area contributed by atoms with Gasteiger partial charge in [0.15, 0.2) is 0 Å². The van der Waals surface area contributed by atoms with E-state index >= 15 is 0 Å². The van der Waals surface area contributed by atoms with Crippen LogP contribution in [0.1, 0.15) is 102 Å². The molecule has 0 aliphatic heterocycles. The Kier molecular flexibility index (Phi) is 25.6. The molecule has 0 bridgehead atoms. The van der Waals surface area contributed by atoms with Crippen molar-refractivity contribution < 1.29 is 29.6 Å². The molecule has 0 saturated carbocycles. The summed E-state index contributed by atoms with van der Waals surface area (Å²) in [4.78, 5) is 0. The Morgan fingerprint density at radius 1 is 0.625 bits per heavy atom. The molecule has 1 aromatic carbocycles. The van der Waals surface area contributed by atoms with Crippen molar-refractivity contribution in [3.63, 3.8) is 0 Å². The smallest absolute Gasteiger partial charge is 0.343 e. The van der Waals surface area contributed by atoms with E-state index in [-0.39, 0.29) is 29.6 Å². The van der Waals surface area contributed by atoms with E-state index in [0.717, 1.165) is 6.42 Å². The van der Waals surface area contributed by atoms with Crippen LogP contribution in [0.5, 0.6) is 0 Å². The van der Waals surface area contributed by atoms with Gasteiger partial charge in [0.05, 0.1) is 0 Å². The molecule has 0 radical (unpaired) electrons.